The predicted octanol–water partition coefficient (Wildman–Crippen LogP) is 3.17. The summed E-state index contributed by atoms with van der Waals surface area (Å²) in [7, 11) is 0. The Morgan fingerprint density at radius 2 is 1.86 bits per heavy atom. The summed E-state index contributed by atoms with van der Waals surface area (Å²) in [5.41, 5.74) is -1.02. The van der Waals surface area contributed by atoms with E-state index in [2.05, 4.69) is 13.8 Å². The van der Waals surface area contributed by atoms with Gasteiger partial charge in [0, 0.05) is 0 Å². The molecule has 0 aromatic heterocycles. The maximum Gasteiger partial charge on any atom is 0.311 e. The highest BCUT2D eigenvalue weighted by atomic mass is 16.6. The Morgan fingerprint density at radius 3 is 2.36 bits per heavy atom. The van der Waals surface area contributed by atoms with Crippen LogP contribution in [0.4, 0.5) is 0 Å². The second-order valence-corrected chi connectivity index (χ2v) is 8.50. The summed E-state index contributed by atoms with van der Waals surface area (Å²) in [5, 5.41) is 10.8. The van der Waals surface area contributed by atoms with E-state index < -0.39 is 11.0 Å². The molecule has 1 N–H and O–H groups in total. The molecule has 3 rings (SSSR count). The van der Waals surface area contributed by atoms with Crippen molar-refractivity contribution >= 4 is 5.97 Å². The van der Waals surface area contributed by atoms with Gasteiger partial charge in [-0.1, -0.05) is 20.8 Å². The summed E-state index contributed by atoms with van der Waals surface area (Å²) >= 11 is 0. The van der Waals surface area contributed by atoms with Gasteiger partial charge in [-0.15, -0.1) is 0 Å². The molecule has 2 bridgehead atoms. The van der Waals surface area contributed by atoms with Crippen molar-refractivity contribution in [3.63, 3.8) is 0 Å². The van der Waals surface area contributed by atoms with E-state index in [1.54, 1.807) is 0 Å². The molecule has 4 atom stereocenters. The fourth-order valence-corrected chi connectivity index (χ4v) is 4.03. The SMILES string of the molecule is CCC(C)(C)C(=O)OCCOC1C[C@H]2CC(C2(C)C)[C@]1(C)O. The zero-order valence-electron chi connectivity index (χ0n) is 14.9. The summed E-state index contributed by atoms with van der Waals surface area (Å²) in [4.78, 5) is 11.9. The van der Waals surface area contributed by atoms with Crippen LogP contribution in [0, 0.1) is 22.7 Å². The summed E-state index contributed by atoms with van der Waals surface area (Å²) in [6.45, 7) is 12.7. The molecule has 128 valence electrons. The van der Waals surface area contributed by atoms with Gasteiger partial charge in [0.1, 0.15) is 6.61 Å². The molecular formula is C18H32O4. The molecule has 0 saturated heterocycles. The lowest BCUT2D eigenvalue weighted by Crippen LogP contribution is -2.67. The number of fused-ring (bicyclic) bond motifs is 2. The number of ether oxygens (including phenoxy) is 2. The van der Waals surface area contributed by atoms with Crippen molar-refractivity contribution in [3.8, 4) is 0 Å². The molecule has 0 radical (unpaired) electrons. The van der Waals surface area contributed by atoms with Crippen LogP contribution in [0.5, 0.6) is 0 Å². The van der Waals surface area contributed by atoms with E-state index in [0.717, 1.165) is 19.3 Å². The smallest absolute Gasteiger partial charge is 0.311 e. The summed E-state index contributed by atoms with van der Waals surface area (Å²) in [6, 6.07) is 0. The molecule has 0 aromatic carbocycles. The number of esters is 1. The molecule has 4 nitrogen and oxygen atoms in total. The van der Waals surface area contributed by atoms with Gasteiger partial charge in [-0.3, -0.25) is 4.79 Å². The van der Waals surface area contributed by atoms with Crippen molar-refractivity contribution in [1.82, 2.24) is 0 Å². The third kappa shape index (κ3) is 2.92. The largest absolute Gasteiger partial charge is 0.463 e. The first-order chi connectivity index (χ1) is 10.0. The zero-order valence-corrected chi connectivity index (χ0v) is 14.9. The van der Waals surface area contributed by atoms with Crippen LogP contribution in [0.2, 0.25) is 0 Å². The van der Waals surface area contributed by atoms with Gasteiger partial charge in [0.05, 0.1) is 23.7 Å². The van der Waals surface area contributed by atoms with Gasteiger partial charge in [-0.05, 0) is 57.3 Å². The first kappa shape index (κ1) is 17.7. The summed E-state index contributed by atoms with van der Waals surface area (Å²) in [5.74, 6) is 0.743. The minimum absolute atomic E-state index is 0.151. The Kier molecular flexibility index (Phi) is 4.67. The van der Waals surface area contributed by atoms with Gasteiger partial charge in [-0.2, -0.15) is 0 Å². The molecule has 2 unspecified atom stereocenters. The number of carbonyl (C=O) groups excluding carboxylic acids is 1. The van der Waals surface area contributed by atoms with E-state index in [4.69, 9.17) is 9.47 Å². The quantitative estimate of drug-likeness (QED) is 0.604. The summed E-state index contributed by atoms with van der Waals surface area (Å²) in [6.07, 6.45) is 2.59. The average molecular weight is 312 g/mol. The van der Waals surface area contributed by atoms with Crippen LogP contribution < -0.4 is 0 Å². The molecule has 0 heterocycles. The highest BCUT2D eigenvalue weighted by Crippen LogP contribution is 2.63. The molecule has 0 aliphatic heterocycles. The topological polar surface area (TPSA) is 55.8 Å². The van der Waals surface area contributed by atoms with E-state index >= 15 is 0 Å². The molecule has 3 saturated carbocycles. The third-order valence-electron chi connectivity index (χ3n) is 6.40. The van der Waals surface area contributed by atoms with Gasteiger partial charge in [0.25, 0.3) is 0 Å². The van der Waals surface area contributed by atoms with Crippen molar-refractivity contribution in [3.05, 3.63) is 0 Å². The van der Waals surface area contributed by atoms with E-state index in [-0.39, 0.29) is 24.1 Å². The van der Waals surface area contributed by atoms with E-state index in [1.807, 2.05) is 27.7 Å². The normalized spacial score (nSPS) is 36.6. The fourth-order valence-electron chi connectivity index (χ4n) is 4.03. The second kappa shape index (κ2) is 5.79. The molecule has 3 fully saturated rings. The minimum atomic E-state index is -0.787. The molecular weight excluding hydrogens is 280 g/mol. The molecule has 0 aromatic rings. The first-order valence-electron chi connectivity index (χ1n) is 8.54. The van der Waals surface area contributed by atoms with Gasteiger partial charge in [0.2, 0.25) is 0 Å². The zero-order chi connectivity index (χ0) is 16.8. The molecule has 3 aliphatic carbocycles. The number of aliphatic hydroxyl groups is 1. The molecule has 3 aliphatic rings. The van der Waals surface area contributed by atoms with Crippen molar-refractivity contribution in [2.45, 2.75) is 72.5 Å². The van der Waals surface area contributed by atoms with Gasteiger partial charge >= 0.3 is 5.97 Å². The van der Waals surface area contributed by atoms with Gasteiger partial charge < -0.3 is 14.6 Å². The average Bonchev–Trinajstić information content (AvgIpc) is 2.43. The van der Waals surface area contributed by atoms with Crippen LogP contribution in [-0.2, 0) is 14.3 Å². The minimum Gasteiger partial charge on any atom is -0.463 e. The highest BCUT2D eigenvalue weighted by molar-refractivity contribution is 5.75. The van der Waals surface area contributed by atoms with Gasteiger partial charge in [-0.25, -0.2) is 0 Å². The second-order valence-electron chi connectivity index (χ2n) is 8.50. The maximum absolute atomic E-state index is 11.9. The maximum atomic E-state index is 11.9. The van der Waals surface area contributed by atoms with Crippen LogP contribution in [-0.4, -0.2) is 36.0 Å². The van der Waals surface area contributed by atoms with Crippen LogP contribution in [0.3, 0.4) is 0 Å². The Hall–Kier alpha value is -0.610. The number of hydrogen-bond acceptors (Lipinski definition) is 4. The molecule has 0 amide bonds. The Morgan fingerprint density at radius 1 is 1.23 bits per heavy atom. The first-order valence-corrected chi connectivity index (χ1v) is 8.54. The fraction of sp³-hybridized carbons (Fsp3) is 0.944. The van der Waals surface area contributed by atoms with Crippen molar-refractivity contribution < 1.29 is 19.4 Å². The Balaban J connectivity index is 1.78. The van der Waals surface area contributed by atoms with E-state index in [0.29, 0.717) is 18.4 Å². The van der Waals surface area contributed by atoms with Crippen molar-refractivity contribution in [2.75, 3.05) is 13.2 Å². The molecule has 4 heteroatoms. The molecule has 0 spiro atoms. The van der Waals surface area contributed by atoms with E-state index in [1.165, 1.54) is 0 Å². The lowest BCUT2D eigenvalue weighted by atomic mass is 9.43. The third-order valence-corrected chi connectivity index (χ3v) is 6.40. The van der Waals surface area contributed by atoms with Gasteiger partial charge in [0.15, 0.2) is 0 Å². The van der Waals surface area contributed by atoms with Crippen LogP contribution >= 0.6 is 0 Å². The van der Waals surface area contributed by atoms with Crippen LogP contribution in [0.25, 0.3) is 0 Å². The Bertz CT molecular complexity index is 425. The standard InChI is InChI=1S/C18H32O4/c1-7-16(2,3)15(19)22-9-8-21-14-11-12-10-13(17(12,4)5)18(14,6)20/h12-14,20H,7-11H2,1-6H3/t12-,13?,14?,18+/m1/s1. The number of rotatable bonds is 6. The lowest BCUT2D eigenvalue weighted by Gasteiger charge is -2.64. The van der Waals surface area contributed by atoms with E-state index in [9.17, 15) is 9.90 Å². The number of hydrogen-bond donors (Lipinski definition) is 1. The highest BCUT2D eigenvalue weighted by Gasteiger charge is 2.63. The summed E-state index contributed by atoms with van der Waals surface area (Å²) < 4.78 is 11.2. The van der Waals surface area contributed by atoms with Crippen molar-refractivity contribution in [2.24, 2.45) is 22.7 Å². The Labute approximate surface area is 134 Å². The van der Waals surface area contributed by atoms with Crippen LogP contribution in [0.1, 0.15) is 60.8 Å². The lowest BCUT2D eigenvalue weighted by molar-refractivity contribution is -0.258. The van der Waals surface area contributed by atoms with Crippen LogP contribution in [0.15, 0.2) is 0 Å². The van der Waals surface area contributed by atoms with Crippen molar-refractivity contribution in [1.29, 1.82) is 0 Å². The number of carbonyl (C=O) groups is 1. The predicted molar refractivity (Wildman–Crippen MR) is 85.4 cm³/mol. The molecule has 22 heavy (non-hydrogen) atoms. The monoisotopic (exact) mass is 312 g/mol.